The van der Waals surface area contributed by atoms with Gasteiger partial charge in [0.2, 0.25) is 0 Å². The number of aromatic nitrogens is 6. The van der Waals surface area contributed by atoms with Gasteiger partial charge in [-0.2, -0.15) is 0 Å². The quantitative estimate of drug-likeness (QED) is 0.162. The Hall–Kier alpha value is -7.44. The fourth-order valence-corrected chi connectivity index (χ4v) is 7.00. The number of hydrogen-bond donors (Lipinski definition) is 0. The zero-order valence-electron chi connectivity index (χ0n) is 29.0. The Balaban J connectivity index is 1.10. The first-order valence-corrected chi connectivity index (χ1v) is 17.9. The lowest BCUT2D eigenvalue weighted by Crippen LogP contribution is -2.01. The van der Waals surface area contributed by atoms with E-state index in [0.717, 1.165) is 83.0 Å². The van der Waals surface area contributed by atoms with E-state index in [0.29, 0.717) is 17.5 Å². The van der Waals surface area contributed by atoms with E-state index in [1.807, 2.05) is 54.6 Å². The summed E-state index contributed by atoms with van der Waals surface area (Å²) in [6.45, 7) is 0. The van der Waals surface area contributed by atoms with Gasteiger partial charge in [0.15, 0.2) is 17.5 Å². The van der Waals surface area contributed by atoms with Crippen molar-refractivity contribution in [2.75, 3.05) is 0 Å². The average Bonchev–Trinajstić information content (AvgIpc) is 3.26. The summed E-state index contributed by atoms with van der Waals surface area (Å²) in [5.74, 6) is 1.72. The molecule has 0 spiro atoms. The van der Waals surface area contributed by atoms with E-state index in [-0.39, 0.29) is 0 Å². The summed E-state index contributed by atoms with van der Waals surface area (Å²) in [5.41, 5.74) is 11.2. The number of nitrogens with zero attached hydrogens (tertiary/aromatic N) is 6. The SMILES string of the molecule is c1ccc(-c2ccc(-c3nc(-c4cccc(-c5ccc6ccc7ccc(-c8ccccc8)nc7c6n5)c4)nc(-c4cccc5cccnc45)n3)cc2)cc1. The Kier molecular flexibility index (Phi) is 7.69. The highest BCUT2D eigenvalue weighted by Gasteiger charge is 2.16. The number of fused-ring (bicyclic) bond motifs is 4. The smallest absolute Gasteiger partial charge is 0.166 e. The van der Waals surface area contributed by atoms with Crippen molar-refractivity contribution in [3.05, 3.63) is 182 Å². The number of para-hydroxylation sites is 1. The Bertz CT molecular complexity index is 2980. The predicted octanol–water partition coefficient (Wildman–Crippen LogP) is 11.5. The first kappa shape index (κ1) is 31.3. The van der Waals surface area contributed by atoms with Crippen molar-refractivity contribution in [2.45, 2.75) is 0 Å². The molecule has 10 rings (SSSR count). The van der Waals surface area contributed by atoms with Crippen LogP contribution in [0.5, 0.6) is 0 Å². The van der Waals surface area contributed by atoms with Crippen molar-refractivity contribution < 1.29 is 0 Å². The molecule has 0 N–H and O–H groups in total. The molecular formula is C48H30N6. The van der Waals surface area contributed by atoms with Gasteiger partial charge in [0.25, 0.3) is 0 Å². The molecule has 0 radical (unpaired) electrons. The molecule has 0 aliphatic heterocycles. The number of benzene rings is 6. The summed E-state index contributed by atoms with van der Waals surface area (Å²) in [4.78, 5) is 30.2. The summed E-state index contributed by atoms with van der Waals surface area (Å²) in [7, 11) is 0. The van der Waals surface area contributed by atoms with E-state index < -0.39 is 0 Å². The van der Waals surface area contributed by atoms with E-state index in [4.69, 9.17) is 29.9 Å². The van der Waals surface area contributed by atoms with Crippen molar-refractivity contribution >= 4 is 32.7 Å². The predicted molar refractivity (Wildman–Crippen MR) is 218 cm³/mol. The van der Waals surface area contributed by atoms with Gasteiger partial charge in [-0.15, -0.1) is 0 Å². The van der Waals surface area contributed by atoms with Gasteiger partial charge in [-0.3, -0.25) is 4.98 Å². The van der Waals surface area contributed by atoms with E-state index >= 15 is 0 Å². The van der Waals surface area contributed by atoms with Crippen molar-refractivity contribution in [2.24, 2.45) is 0 Å². The highest BCUT2D eigenvalue weighted by Crippen LogP contribution is 2.33. The molecular weight excluding hydrogens is 661 g/mol. The maximum Gasteiger partial charge on any atom is 0.166 e. The molecule has 0 atom stereocenters. The lowest BCUT2D eigenvalue weighted by molar-refractivity contribution is 1.07. The Morgan fingerprint density at radius 2 is 0.778 bits per heavy atom. The number of rotatable bonds is 6. The monoisotopic (exact) mass is 690 g/mol. The molecule has 0 fully saturated rings. The number of pyridine rings is 3. The topological polar surface area (TPSA) is 77.3 Å². The van der Waals surface area contributed by atoms with Crippen LogP contribution in [-0.2, 0) is 0 Å². The van der Waals surface area contributed by atoms with Crippen LogP contribution >= 0.6 is 0 Å². The van der Waals surface area contributed by atoms with Crippen LogP contribution < -0.4 is 0 Å². The molecule has 0 bridgehead atoms. The molecule has 0 saturated carbocycles. The maximum atomic E-state index is 5.22. The third-order valence-corrected chi connectivity index (χ3v) is 9.77. The van der Waals surface area contributed by atoms with Crippen LogP contribution in [0, 0.1) is 0 Å². The van der Waals surface area contributed by atoms with Crippen molar-refractivity contribution in [1.29, 1.82) is 0 Å². The van der Waals surface area contributed by atoms with E-state index in [1.54, 1.807) is 6.20 Å². The highest BCUT2D eigenvalue weighted by atomic mass is 15.0. The van der Waals surface area contributed by atoms with Gasteiger partial charge in [0, 0.05) is 50.2 Å². The van der Waals surface area contributed by atoms with Gasteiger partial charge in [-0.1, -0.05) is 146 Å². The van der Waals surface area contributed by atoms with Crippen LogP contribution in [0.4, 0.5) is 0 Å². The molecule has 0 saturated heterocycles. The molecule has 0 aliphatic carbocycles. The second kappa shape index (κ2) is 13.3. The molecule has 4 aromatic heterocycles. The fraction of sp³-hybridized carbons (Fsp3) is 0. The molecule has 0 aliphatic rings. The van der Waals surface area contributed by atoms with Gasteiger partial charge in [-0.25, -0.2) is 24.9 Å². The van der Waals surface area contributed by atoms with Crippen molar-refractivity contribution in [1.82, 2.24) is 29.9 Å². The molecule has 0 unspecified atom stereocenters. The second-order valence-electron chi connectivity index (χ2n) is 13.2. The van der Waals surface area contributed by atoms with Gasteiger partial charge in [0.05, 0.1) is 27.9 Å². The summed E-state index contributed by atoms with van der Waals surface area (Å²) in [6, 6.07) is 59.9. The van der Waals surface area contributed by atoms with Crippen molar-refractivity contribution in [3.8, 4) is 67.8 Å². The minimum absolute atomic E-state index is 0.562. The van der Waals surface area contributed by atoms with Crippen LogP contribution in [0.3, 0.4) is 0 Å². The molecule has 6 heteroatoms. The maximum absolute atomic E-state index is 5.22. The fourth-order valence-electron chi connectivity index (χ4n) is 7.00. The highest BCUT2D eigenvalue weighted by molar-refractivity contribution is 6.04. The summed E-state index contributed by atoms with van der Waals surface area (Å²) < 4.78 is 0. The number of hydrogen-bond acceptors (Lipinski definition) is 6. The molecule has 4 heterocycles. The van der Waals surface area contributed by atoms with Crippen LogP contribution in [0.25, 0.3) is 101 Å². The minimum Gasteiger partial charge on any atom is -0.255 e. The largest absolute Gasteiger partial charge is 0.255 e. The lowest BCUT2D eigenvalue weighted by Gasteiger charge is -2.11. The average molecular weight is 691 g/mol. The molecule has 10 aromatic rings. The third-order valence-electron chi connectivity index (χ3n) is 9.77. The van der Waals surface area contributed by atoms with E-state index in [9.17, 15) is 0 Å². The summed E-state index contributed by atoms with van der Waals surface area (Å²) in [6.07, 6.45) is 1.80. The van der Waals surface area contributed by atoms with Crippen LogP contribution in [0.15, 0.2) is 182 Å². The second-order valence-corrected chi connectivity index (χ2v) is 13.2. The first-order valence-electron chi connectivity index (χ1n) is 17.9. The van der Waals surface area contributed by atoms with Crippen molar-refractivity contribution in [3.63, 3.8) is 0 Å². The Labute approximate surface area is 311 Å². The van der Waals surface area contributed by atoms with Gasteiger partial charge < -0.3 is 0 Å². The first-order chi connectivity index (χ1) is 26.7. The van der Waals surface area contributed by atoms with Gasteiger partial charge in [0.1, 0.15) is 0 Å². The minimum atomic E-state index is 0.562. The van der Waals surface area contributed by atoms with E-state index in [1.165, 1.54) is 0 Å². The van der Waals surface area contributed by atoms with Gasteiger partial charge in [-0.05, 0) is 41.5 Å². The zero-order valence-corrected chi connectivity index (χ0v) is 29.0. The third kappa shape index (κ3) is 5.82. The van der Waals surface area contributed by atoms with E-state index in [2.05, 4.69) is 121 Å². The molecule has 0 amide bonds. The molecule has 6 aromatic carbocycles. The van der Waals surface area contributed by atoms with Crippen LogP contribution in [-0.4, -0.2) is 29.9 Å². The summed E-state index contributed by atoms with van der Waals surface area (Å²) in [5, 5.41) is 3.10. The Morgan fingerprint density at radius 1 is 0.278 bits per heavy atom. The molecule has 6 nitrogen and oxygen atoms in total. The molecule has 54 heavy (non-hydrogen) atoms. The normalized spacial score (nSPS) is 11.3. The standard InChI is InChI=1S/C48H30N6/c1-3-10-31(11-4-1)32-19-23-37(24-20-32)46-52-47(54-48(53-46)40-18-8-14-34-17-9-29-49-43(34)40)39-16-7-15-38(30-39)42-28-26-36-22-21-35-25-27-41(33-12-5-2-6-13-33)50-44(35)45(36)51-42/h1-30H. The van der Waals surface area contributed by atoms with Crippen LogP contribution in [0.1, 0.15) is 0 Å². The summed E-state index contributed by atoms with van der Waals surface area (Å²) >= 11 is 0. The lowest BCUT2D eigenvalue weighted by atomic mass is 10.0. The van der Waals surface area contributed by atoms with Gasteiger partial charge >= 0.3 is 0 Å². The van der Waals surface area contributed by atoms with Crippen LogP contribution in [0.2, 0.25) is 0 Å². The Morgan fingerprint density at radius 3 is 1.50 bits per heavy atom. The zero-order chi connectivity index (χ0) is 35.8. The molecule has 252 valence electrons.